The summed E-state index contributed by atoms with van der Waals surface area (Å²) in [5, 5.41) is 11.9. The van der Waals surface area contributed by atoms with E-state index in [1.54, 1.807) is 18.3 Å². The van der Waals surface area contributed by atoms with E-state index in [0.717, 1.165) is 49.7 Å². The number of nitrogens with zero attached hydrogens (tertiary/aromatic N) is 4. The minimum absolute atomic E-state index is 0.183. The second kappa shape index (κ2) is 7.15. The van der Waals surface area contributed by atoms with Crippen molar-refractivity contribution in [3.8, 4) is 0 Å². The van der Waals surface area contributed by atoms with Crippen LogP contribution in [0.15, 0.2) is 36.5 Å². The number of para-hydroxylation sites is 1. The highest BCUT2D eigenvalue weighted by Gasteiger charge is 2.25. The maximum absolute atomic E-state index is 11.3. The molecule has 1 aromatic carbocycles. The Labute approximate surface area is 145 Å². The van der Waals surface area contributed by atoms with E-state index in [1.165, 1.54) is 0 Å². The lowest BCUT2D eigenvalue weighted by atomic mass is 10.1. The fraction of sp³-hybridized carbons (Fsp3) is 0.353. The van der Waals surface area contributed by atoms with Gasteiger partial charge >= 0.3 is 0 Å². The summed E-state index contributed by atoms with van der Waals surface area (Å²) in [6.07, 6.45) is 1.66. The SMILES string of the molecule is Cc1cccc([N+](=O)[O-])c1N1CCN(Cc2ccc(Cl)cn2)CC1. The minimum Gasteiger partial charge on any atom is -0.363 e. The van der Waals surface area contributed by atoms with Gasteiger partial charge in [0.1, 0.15) is 5.69 Å². The summed E-state index contributed by atoms with van der Waals surface area (Å²) in [6, 6.07) is 9.01. The second-order valence-electron chi connectivity index (χ2n) is 5.93. The van der Waals surface area contributed by atoms with Gasteiger partial charge in [-0.2, -0.15) is 0 Å². The Hall–Kier alpha value is -2.18. The van der Waals surface area contributed by atoms with Gasteiger partial charge in [-0.25, -0.2) is 0 Å². The van der Waals surface area contributed by atoms with Gasteiger partial charge in [-0.05, 0) is 24.6 Å². The number of aryl methyl sites for hydroxylation is 1. The average molecular weight is 347 g/mol. The molecule has 126 valence electrons. The number of piperazine rings is 1. The van der Waals surface area contributed by atoms with Gasteiger partial charge in [-0.3, -0.25) is 20.0 Å². The number of anilines is 1. The molecule has 1 aromatic heterocycles. The van der Waals surface area contributed by atoms with Crippen molar-refractivity contribution in [3.63, 3.8) is 0 Å². The van der Waals surface area contributed by atoms with E-state index in [2.05, 4.69) is 14.8 Å². The number of nitro groups is 1. The van der Waals surface area contributed by atoms with Crippen LogP contribution in [-0.4, -0.2) is 41.0 Å². The summed E-state index contributed by atoms with van der Waals surface area (Å²) < 4.78 is 0. The van der Waals surface area contributed by atoms with Crippen molar-refractivity contribution in [1.29, 1.82) is 0 Å². The number of nitro benzene ring substituents is 1. The first kappa shape index (κ1) is 16.7. The molecule has 0 spiro atoms. The molecular weight excluding hydrogens is 328 g/mol. The first-order chi connectivity index (χ1) is 11.5. The fourth-order valence-corrected chi connectivity index (χ4v) is 3.17. The molecule has 1 fully saturated rings. The van der Waals surface area contributed by atoms with Crippen molar-refractivity contribution in [2.45, 2.75) is 13.5 Å². The Morgan fingerprint density at radius 3 is 2.58 bits per heavy atom. The fourth-order valence-electron chi connectivity index (χ4n) is 3.06. The number of benzene rings is 1. The van der Waals surface area contributed by atoms with Crippen LogP contribution >= 0.6 is 11.6 Å². The predicted octanol–water partition coefficient (Wildman–Crippen LogP) is 3.27. The summed E-state index contributed by atoms with van der Waals surface area (Å²) in [5.74, 6) is 0. The molecule has 1 saturated heterocycles. The van der Waals surface area contributed by atoms with E-state index in [9.17, 15) is 10.1 Å². The quantitative estimate of drug-likeness (QED) is 0.628. The zero-order valence-corrected chi connectivity index (χ0v) is 14.2. The maximum Gasteiger partial charge on any atom is 0.292 e. The molecule has 0 bridgehead atoms. The minimum atomic E-state index is -0.299. The monoisotopic (exact) mass is 346 g/mol. The third kappa shape index (κ3) is 3.66. The summed E-state index contributed by atoms with van der Waals surface area (Å²) in [4.78, 5) is 19.7. The smallest absolute Gasteiger partial charge is 0.292 e. The van der Waals surface area contributed by atoms with E-state index in [0.29, 0.717) is 5.02 Å². The molecule has 2 heterocycles. The van der Waals surface area contributed by atoms with Crippen molar-refractivity contribution in [2.75, 3.05) is 31.1 Å². The van der Waals surface area contributed by atoms with Crippen molar-refractivity contribution in [1.82, 2.24) is 9.88 Å². The van der Waals surface area contributed by atoms with Crippen LogP contribution in [0, 0.1) is 17.0 Å². The Bertz CT molecular complexity index is 728. The molecule has 1 aliphatic heterocycles. The zero-order chi connectivity index (χ0) is 17.1. The van der Waals surface area contributed by atoms with Crippen LogP contribution in [0.2, 0.25) is 5.02 Å². The van der Waals surface area contributed by atoms with Crippen molar-refractivity contribution >= 4 is 23.0 Å². The lowest BCUT2D eigenvalue weighted by Gasteiger charge is -2.36. The van der Waals surface area contributed by atoms with Crippen molar-refractivity contribution < 1.29 is 4.92 Å². The molecule has 0 atom stereocenters. The number of aromatic nitrogens is 1. The normalized spacial score (nSPS) is 15.5. The standard InChI is InChI=1S/C17H19ClN4O2/c1-13-3-2-4-16(22(23)24)17(13)21-9-7-20(8-10-21)12-15-6-5-14(18)11-19-15/h2-6,11H,7-10,12H2,1H3. The molecule has 24 heavy (non-hydrogen) atoms. The molecule has 0 unspecified atom stereocenters. The van der Waals surface area contributed by atoms with Crippen LogP contribution in [0.4, 0.5) is 11.4 Å². The van der Waals surface area contributed by atoms with Crippen LogP contribution in [-0.2, 0) is 6.54 Å². The first-order valence-corrected chi connectivity index (χ1v) is 8.24. The zero-order valence-electron chi connectivity index (χ0n) is 13.5. The average Bonchev–Trinajstić information content (AvgIpc) is 2.57. The van der Waals surface area contributed by atoms with Gasteiger partial charge in [0.15, 0.2) is 0 Å². The van der Waals surface area contributed by atoms with E-state index in [1.807, 2.05) is 25.1 Å². The van der Waals surface area contributed by atoms with E-state index in [4.69, 9.17) is 11.6 Å². The summed E-state index contributed by atoms with van der Waals surface area (Å²) >= 11 is 5.86. The molecule has 0 aliphatic carbocycles. The van der Waals surface area contributed by atoms with Crippen LogP contribution in [0.5, 0.6) is 0 Å². The Morgan fingerprint density at radius 2 is 1.96 bits per heavy atom. The van der Waals surface area contributed by atoms with Crippen molar-refractivity contribution in [3.05, 3.63) is 62.9 Å². The number of hydrogen-bond donors (Lipinski definition) is 0. The summed E-state index contributed by atoms with van der Waals surface area (Å²) in [5.41, 5.74) is 2.85. The van der Waals surface area contributed by atoms with Crippen LogP contribution < -0.4 is 4.90 Å². The van der Waals surface area contributed by atoms with Gasteiger partial charge < -0.3 is 4.90 Å². The number of halogens is 1. The molecule has 7 heteroatoms. The van der Waals surface area contributed by atoms with E-state index in [-0.39, 0.29) is 10.6 Å². The van der Waals surface area contributed by atoms with Gasteiger partial charge in [0.25, 0.3) is 5.69 Å². The highest BCUT2D eigenvalue weighted by Crippen LogP contribution is 2.32. The molecule has 6 nitrogen and oxygen atoms in total. The molecule has 0 N–H and O–H groups in total. The number of hydrogen-bond acceptors (Lipinski definition) is 5. The van der Waals surface area contributed by atoms with E-state index < -0.39 is 0 Å². The van der Waals surface area contributed by atoms with Gasteiger partial charge in [0, 0.05) is 45.0 Å². The highest BCUT2D eigenvalue weighted by atomic mass is 35.5. The lowest BCUT2D eigenvalue weighted by molar-refractivity contribution is -0.384. The highest BCUT2D eigenvalue weighted by molar-refractivity contribution is 6.30. The van der Waals surface area contributed by atoms with Crippen LogP contribution in [0.25, 0.3) is 0 Å². The first-order valence-electron chi connectivity index (χ1n) is 7.86. The van der Waals surface area contributed by atoms with Gasteiger partial charge in [0.05, 0.1) is 15.6 Å². The lowest BCUT2D eigenvalue weighted by Crippen LogP contribution is -2.46. The third-order valence-electron chi connectivity index (χ3n) is 4.28. The topological polar surface area (TPSA) is 62.5 Å². The second-order valence-corrected chi connectivity index (χ2v) is 6.37. The molecule has 2 aromatic rings. The Morgan fingerprint density at radius 1 is 1.21 bits per heavy atom. The summed E-state index contributed by atoms with van der Waals surface area (Å²) in [7, 11) is 0. The van der Waals surface area contributed by atoms with Crippen LogP contribution in [0.1, 0.15) is 11.3 Å². The Balaban J connectivity index is 1.67. The molecule has 0 amide bonds. The molecule has 1 aliphatic rings. The molecule has 3 rings (SSSR count). The summed E-state index contributed by atoms with van der Waals surface area (Å²) in [6.45, 7) is 5.90. The largest absolute Gasteiger partial charge is 0.363 e. The number of pyridine rings is 1. The predicted molar refractivity (Wildman–Crippen MR) is 94.6 cm³/mol. The van der Waals surface area contributed by atoms with Gasteiger partial charge in [-0.15, -0.1) is 0 Å². The maximum atomic E-state index is 11.3. The van der Waals surface area contributed by atoms with Gasteiger partial charge in [-0.1, -0.05) is 23.7 Å². The molecule has 0 saturated carbocycles. The van der Waals surface area contributed by atoms with Crippen molar-refractivity contribution in [2.24, 2.45) is 0 Å². The number of rotatable bonds is 4. The van der Waals surface area contributed by atoms with Gasteiger partial charge in [0.2, 0.25) is 0 Å². The Kier molecular flexibility index (Phi) is 4.97. The van der Waals surface area contributed by atoms with Crippen LogP contribution in [0.3, 0.4) is 0 Å². The molecule has 0 radical (unpaired) electrons. The molecular formula is C17H19ClN4O2. The van der Waals surface area contributed by atoms with E-state index >= 15 is 0 Å². The third-order valence-corrected chi connectivity index (χ3v) is 4.50.